The molecular formula is C19H17ClN2O7. The number of carbonyl (C=O) groups is 2. The van der Waals surface area contributed by atoms with Crippen molar-refractivity contribution in [2.75, 3.05) is 7.11 Å². The van der Waals surface area contributed by atoms with E-state index in [1.807, 2.05) is 0 Å². The molecule has 2 N–H and O–H groups in total. The van der Waals surface area contributed by atoms with Gasteiger partial charge >= 0.3 is 5.97 Å². The summed E-state index contributed by atoms with van der Waals surface area (Å²) in [5.74, 6) is -1.44. The number of carbonyl (C=O) groups excluding carboxylic acids is 1. The maximum atomic E-state index is 11.3. The Hall–Kier alpha value is -3.59. The molecular weight excluding hydrogens is 404 g/mol. The van der Waals surface area contributed by atoms with E-state index in [1.54, 1.807) is 12.1 Å². The summed E-state index contributed by atoms with van der Waals surface area (Å²) < 4.78 is 10.9. The van der Waals surface area contributed by atoms with E-state index >= 15 is 0 Å². The van der Waals surface area contributed by atoms with Crippen LogP contribution in [0.15, 0.2) is 42.1 Å². The molecule has 152 valence electrons. The minimum Gasteiger partial charge on any atom is -0.493 e. The van der Waals surface area contributed by atoms with Crippen molar-refractivity contribution in [3.8, 4) is 11.5 Å². The van der Waals surface area contributed by atoms with E-state index < -0.39 is 16.8 Å². The van der Waals surface area contributed by atoms with Crippen molar-refractivity contribution >= 4 is 35.2 Å². The maximum absolute atomic E-state index is 11.3. The first-order valence-corrected chi connectivity index (χ1v) is 8.55. The number of hydrogen-bond acceptors (Lipinski definition) is 6. The molecule has 0 fully saturated rings. The normalized spacial score (nSPS) is 10.9. The van der Waals surface area contributed by atoms with Gasteiger partial charge in [-0.3, -0.25) is 14.9 Å². The fourth-order valence-corrected chi connectivity index (χ4v) is 2.66. The Morgan fingerprint density at radius 3 is 2.62 bits per heavy atom. The van der Waals surface area contributed by atoms with Crippen LogP contribution < -0.4 is 14.8 Å². The van der Waals surface area contributed by atoms with Crippen molar-refractivity contribution in [2.45, 2.75) is 13.5 Å². The maximum Gasteiger partial charge on any atom is 0.352 e. The lowest BCUT2D eigenvalue weighted by molar-refractivity contribution is -0.384. The minimum atomic E-state index is -1.32. The van der Waals surface area contributed by atoms with Gasteiger partial charge in [-0.05, 0) is 29.3 Å². The van der Waals surface area contributed by atoms with Gasteiger partial charge in [0, 0.05) is 19.1 Å². The number of amides is 1. The first-order valence-electron chi connectivity index (χ1n) is 8.17. The zero-order valence-corrected chi connectivity index (χ0v) is 16.2. The first-order chi connectivity index (χ1) is 13.7. The number of non-ortho nitro benzene ring substituents is 1. The summed E-state index contributed by atoms with van der Waals surface area (Å²) in [6, 6.07) is 8.88. The van der Waals surface area contributed by atoms with Gasteiger partial charge in [0.15, 0.2) is 11.5 Å². The number of hydrogen-bond donors (Lipinski definition) is 2. The number of carboxylic acid groups (broad SMARTS) is 1. The molecule has 0 heterocycles. The third-order valence-electron chi connectivity index (χ3n) is 3.61. The molecule has 2 rings (SSSR count). The molecule has 0 saturated carbocycles. The number of halogens is 1. The van der Waals surface area contributed by atoms with E-state index in [-0.39, 0.29) is 34.5 Å². The number of nitrogens with zero attached hydrogens (tertiary/aromatic N) is 1. The average Bonchev–Trinajstić information content (AvgIpc) is 2.66. The third-order valence-corrected chi connectivity index (χ3v) is 3.89. The second kappa shape index (κ2) is 9.56. The molecule has 0 aliphatic heterocycles. The molecule has 2 aromatic rings. The van der Waals surface area contributed by atoms with Crippen molar-refractivity contribution in [1.82, 2.24) is 5.32 Å². The highest BCUT2D eigenvalue weighted by Gasteiger charge is 2.15. The van der Waals surface area contributed by atoms with Crippen molar-refractivity contribution in [3.05, 3.63) is 68.4 Å². The Balaban J connectivity index is 2.30. The number of ether oxygens (including phenoxy) is 2. The molecule has 0 aliphatic carbocycles. The van der Waals surface area contributed by atoms with Crippen LogP contribution in [0.4, 0.5) is 5.69 Å². The van der Waals surface area contributed by atoms with E-state index in [2.05, 4.69) is 5.32 Å². The van der Waals surface area contributed by atoms with Crippen LogP contribution >= 0.6 is 11.6 Å². The molecule has 29 heavy (non-hydrogen) atoms. The zero-order chi connectivity index (χ0) is 21.6. The lowest BCUT2D eigenvalue weighted by Gasteiger charge is -2.14. The molecule has 0 aromatic heterocycles. The van der Waals surface area contributed by atoms with Gasteiger partial charge in [-0.1, -0.05) is 23.7 Å². The second-order valence-electron chi connectivity index (χ2n) is 5.79. The van der Waals surface area contributed by atoms with Crippen LogP contribution in [0.2, 0.25) is 5.02 Å². The Bertz CT molecular complexity index is 989. The van der Waals surface area contributed by atoms with E-state index in [0.29, 0.717) is 11.1 Å². The highest BCUT2D eigenvalue weighted by Crippen LogP contribution is 2.37. The Labute approximate surface area is 170 Å². The Morgan fingerprint density at radius 2 is 2.03 bits per heavy atom. The topological polar surface area (TPSA) is 128 Å². The minimum absolute atomic E-state index is 0.000780. The van der Waals surface area contributed by atoms with Gasteiger partial charge in [0.1, 0.15) is 12.3 Å². The molecule has 0 atom stereocenters. The van der Waals surface area contributed by atoms with E-state index in [4.69, 9.17) is 21.1 Å². The van der Waals surface area contributed by atoms with Crippen LogP contribution in [0.25, 0.3) is 6.08 Å². The van der Waals surface area contributed by atoms with Gasteiger partial charge in [-0.2, -0.15) is 0 Å². The Morgan fingerprint density at radius 1 is 1.31 bits per heavy atom. The summed E-state index contributed by atoms with van der Waals surface area (Å²) in [6.45, 7) is 1.19. The largest absolute Gasteiger partial charge is 0.493 e. The average molecular weight is 421 g/mol. The Kier molecular flexibility index (Phi) is 7.15. The van der Waals surface area contributed by atoms with Crippen LogP contribution in [-0.2, 0) is 16.2 Å². The highest BCUT2D eigenvalue weighted by molar-refractivity contribution is 6.32. The van der Waals surface area contributed by atoms with E-state index in [1.165, 1.54) is 44.4 Å². The van der Waals surface area contributed by atoms with Crippen LogP contribution in [0, 0.1) is 10.1 Å². The van der Waals surface area contributed by atoms with Crippen LogP contribution in [0.1, 0.15) is 18.1 Å². The number of rotatable bonds is 8. The van der Waals surface area contributed by atoms with Crippen molar-refractivity contribution in [2.24, 2.45) is 0 Å². The number of aliphatic carboxylic acids is 1. The van der Waals surface area contributed by atoms with Gasteiger partial charge in [-0.15, -0.1) is 0 Å². The molecule has 10 heteroatoms. The number of carboxylic acids is 1. The number of nitro benzene ring substituents is 1. The van der Waals surface area contributed by atoms with Gasteiger partial charge in [-0.25, -0.2) is 4.79 Å². The molecule has 0 spiro atoms. The van der Waals surface area contributed by atoms with Gasteiger partial charge in [0.2, 0.25) is 5.91 Å². The second-order valence-corrected chi connectivity index (χ2v) is 6.20. The standard InChI is InChI=1S/C19H17ClN2O7/c1-11(23)21-16(19(24)25)8-13-7-15(20)18(17(9-13)28-2)29-10-12-4-3-5-14(6-12)22(26)27/h3-9H,10H2,1-2H3,(H,21,23)(H,24,25). The van der Waals surface area contributed by atoms with Crippen molar-refractivity contribution in [3.63, 3.8) is 0 Å². The monoisotopic (exact) mass is 420 g/mol. The summed E-state index contributed by atoms with van der Waals surface area (Å²) in [4.78, 5) is 32.8. The molecule has 0 radical (unpaired) electrons. The summed E-state index contributed by atoms with van der Waals surface area (Å²) in [6.07, 6.45) is 1.22. The van der Waals surface area contributed by atoms with E-state index in [0.717, 1.165) is 0 Å². The predicted octanol–water partition coefficient (Wildman–Crippen LogP) is 3.40. The molecule has 2 aromatic carbocycles. The van der Waals surface area contributed by atoms with Crippen molar-refractivity contribution < 1.29 is 29.1 Å². The first kappa shape index (κ1) is 21.7. The van der Waals surface area contributed by atoms with Crippen LogP contribution in [-0.4, -0.2) is 29.0 Å². The summed E-state index contributed by atoms with van der Waals surface area (Å²) >= 11 is 6.25. The lowest BCUT2D eigenvalue weighted by Crippen LogP contribution is -2.24. The van der Waals surface area contributed by atoms with Gasteiger partial charge in [0.25, 0.3) is 5.69 Å². The summed E-state index contributed by atoms with van der Waals surface area (Å²) in [5.41, 5.74) is 0.519. The molecule has 0 aliphatic rings. The number of methoxy groups -OCH3 is 1. The van der Waals surface area contributed by atoms with Gasteiger partial charge in [0.05, 0.1) is 17.1 Å². The fraction of sp³-hybridized carbons (Fsp3) is 0.158. The molecule has 0 saturated heterocycles. The zero-order valence-electron chi connectivity index (χ0n) is 15.5. The fourth-order valence-electron chi connectivity index (χ4n) is 2.39. The van der Waals surface area contributed by atoms with Crippen LogP contribution in [0.5, 0.6) is 11.5 Å². The third kappa shape index (κ3) is 5.94. The quantitative estimate of drug-likeness (QED) is 0.380. The number of nitro groups is 1. The predicted molar refractivity (Wildman–Crippen MR) is 105 cm³/mol. The molecule has 9 nitrogen and oxygen atoms in total. The smallest absolute Gasteiger partial charge is 0.352 e. The highest BCUT2D eigenvalue weighted by atomic mass is 35.5. The SMILES string of the molecule is COc1cc(C=C(NC(C)=O)C(=O)O)cc(Cl)c1OCc1cccc([N+](=O)[O-])c1. The van der Waals surface area contributed by atoms with Crippen molar-refractivity contribution in [1.29, 1.82) is 0 Å². The summed E-state index contributed by atoms with van der Waals surface area (Å²) in [7, 11) is 1.38. The number of benzene rings is 2. The van der Waals surface area contributed by atoms with Crippen LogP contribution in [0.3, 0.4) is 0 Å². The molecule has 0 bridgehead atoms. The summed E-state index contributed by atoms with van der Waals surface area (Å²) in [5, 5.41) is 22.4. The molecule has 1 amide bonds. The lowest BCUT2D eigenvalue weighted by atomic mass is 10.1. The molecule has 0 unspecified atom stereocenters. The van der Waals surface area contributed by atoms with E-state index in [9.17, 15) is 24.8 Å². The number of nitrogens with one attached hydrogen (secondary N) is 1. The van der Waals surface area contributed by atoms with Gasteiger partial charge < -0.3 is 19.9 Å².